The van der Waals surface area contributed by atoms with Gasteiger partial charge in [-0.25, -0.2) is 0 Å². The highest BCUT2D eigenvalue weighted by Crippen LogP contribution is 2.46. The zero-order chi connectivity index (χ0) is 13.7. The van der Waals surface area contributed by atoms with Crippen LogP contribution >= 0.6 is 0 Å². The third kappa shape index (κ3) is 3.77. The summed E-state index contributed by atoms with van der Waals surface area (Å²) in [5.41, 5.74) is 1.56. The molecule has 0 saturated heterocycles. The Morgan fingerprint density at radius 1 is 1.18 bits per heavy atom. The number of allylic oxidation sites excluding steroid dienone is 4. The SMILES string of the molecule is CC#CC(C)(C(C)/C(C)=C/C=C\C)C(C)(C)C. The Balaban J connectivity index is 5.42. The molecular weight excluding hydrogens is 204 g/mol. The van der Waals surface area contributed by atoms with Crippen LogP contribution in [0.4, 0.5) is 0 Å². The van der Waals surface area contributed by atoms with Crippen LogP contribution in [0.1, 0.15) is 55.4 Å². The molecule has 0 saturated carbocycles. The van der Waals surface area contributed by atoms with Gasteiger partial charge in [-0.1, -0.05) is 57.4 Å². The van der Waals surface area contributed by atoms with Gasteiger partial charge in [0.1, 0.15) is 0 Å². The van der Waals surface area contributed by atoms with Gasteiger partial charge in [-0.05, 0) is 39.0 Å². The Morgan fingerprint density at radius 3 is 2.06 bits per heavy atom. The Morgan fingerprint density at radius 2 is 1.71 bits per heavy atom. The molecule has 17 heavy (non-hydrogen) atoms. The molecule has 2 atom stereocenters. The first kappa shape index (κ1) is 16.0. The molecule has 0 aliphatic heterocycles. The van der Waals surface area contributed by atoms with E-state index in [9.17, 15) is 0 Å². The van der Waals surface area contributed by atoms with Gasteiger partial charge in [0.2, 0.25) is 0 Å². The Labute approximate surface area is 108 Å². The molecule has 0 amide bonds. The predicted octanol–water partition coefficient (Wildman–Crippen LogP) is 5.22. The minimum Gasteiger partial charge on any atom is -0.106 e. The minimum atomic E-state index is 0.00388. The van der Waals surface area contributed by atoms with Crippen LogP contribution in [0.2, 0.25) is 0 Å². The first-order chi connectivity index (χ1) is 7.70. The summed E-state index contributed by atoms with van der Waals surface area (Å²) in [6.45, 7) is 17.6. The average molecular weight is 232 g/mol. The second-order valence-corrected chi connectivity index (χ2v) is 5.99. The summed E-state index contributed by atoms with van der Waals surface area (Å²) in [4.78, 5) is 0. The van der Waals surface area contributed by atoms with Gasteiger partial charge in [0.25, 0.3) is 0 Å². The standard InChI is InChI=1S/C17H28/c1-9-11-12-14(3)15(4)17(8,13-10-2)16(5,6)7/h9,11-12,15H,1-8H3/b11-9-,14-12+. The predicted molar refractivity (Wildman–Crippen MR) is 78.7 cm³/mol. The van der Waals surface area contributed by atoms with E-state index in [1.54, 1.807) is 0 Å². The van der Waals surface area contributed by atoms with Crippen LogP contribution in [-0.4, -0.2) is 0 Å². The molecular formula is C17H28. The summed E-state index contributed by atoms with van der Waals surface area (Å²) in [6, 6.07) is 0. The van der Waals surface area contributed by atoms with E-state index < -0.39 is 0 Å². The monoisotopic (exact) mass is 232 g/mol. The third-order valence-corrected chi connectivity index (χ3v) is 4.04. The minimum absolute atomic E-state index is 0.00388. The van der Waals surface area contributed by atoms with Gasteiger partial charge < -0.3 is 0 Å². The first-order valence-corrected chi connectivity index (χ1v) is 6.44. The van der Waals surface area contributed by atoms with E-state index >= 15 is 0 Å². The smallest absolute Gasteiger partial charge is 0.0397 e. The van der Waals surface area contributed by atoms with Crippen molar-refractivity contribution in [1.29, 1.82) is 0 Å². The lowest BCUT2D eigenvalue weighted by atomic mass is 9.60. The van der Waals surface area contributed by atoms with Gasteiger partial charge in [0.15, 0.2) is 0 Å². The molecule has 0 bridgehead atoms. The fourth-order valence-electron chi connectivity index (χ4n) is 2.05. The van der Waals surface area contributed by atoms with Crippen molar-refractivity contribution < 1.29 is 0 Å². The molecule has 0 N–H and O–H groups in total. The van der Waals surface area contributed by atoms with E-state index in [0.717, 1.165) is 0 Å². The highest BCUT2D eigenvalue weighted by molar-refractivity contribution is 5.23. The normalized spacial score (nSPS) is 18.5. The average Bonchev–Trinajstić information content (AvgIpc) is 2.23. The van der Waals surface area contributed by atoms with E-state index in [0.29, 0.717) is 5.92 Å². The lowest BCUT2D eigenvalue weighted by Gasteiger charge is -2.43. The molecule has 0 aliphatic carbocycles. The van der Waals surface area contributed by atoms with E-state index in [2.05, 4.69) is 71.6 Å². The molecule has 2 unspecified atom stereocenters. The second-order valence-electron chi connectivity index (χ2n) is 5.99. The lowest BCUT2D eigenvalue weighted by molar-refractivity contribution is 0.128. The number of hydrogen-bond acceptors (Lipinski definition) is 0. The van der Waals surface area contributed by atoms with E-state index in [4.69, 9.17) is 0 Å². The second kappa shape index (κ2) is 6.10. The van der Waals surface area contributed by atoms with Gasteiger partial charge in [0, 0.05) is 5.41 Å². The van der Waals surface area contributed by atoms with Gasteiger partial charge in [-0.15, -0.1) is 5.92 Å². The van der Waals surface area contributed by atoms with E-state index in [1.165, 1.54) is 5.57 Å². The van der Waals surface area contributed by atoms with Crippen LogP contribution in [-0.2, 0) is 0 Å². The van der Waals surface area contributed by atoms with Crippen molar-refractivity contribution in [3.8, 4) is 11.8 Å². The van der Waals surface area contributed by atoms with Crippen molar-refractivity contribution in [2.45, 2.75) is 55.4 Å². The Hall–Kier alpha value is -0.960. The molecule has 0 rings (SSSR count). The molecule has 0 heteroatoms. The molecule has 0 aromatic carbocycles. The van der Waals surface area contributed by atoms with Crippen molar-refractivity contribution in [3.63, 3.8) is 0 Å². The number of rotatable bonds is 3. The molecule has 0 aliphatic rings. The molecule has 0 spiro atoms. The first-order valence-electron chi connectivity index (χ1n) is 6.44. The Kier molecular flexibility index (Phi) is 5.76. The topological polar surface area (TPSA) is 0 Å². The molecule has 0 nitrogen and oxygen atoms in total. The lowest BCUT2D eigenvalue weighted by Crippen LogP contribution is -2.38. The fourth-order valence-corrected chi connectivity index (χ4v) is 2.05. The quantitative estimate of drug-likeness (QED) is 0.462. The summed E-state index contributed by atoms with van der Waals surface area (Å²) in [6.07, 6.45) is 6.37. The zero-order valence-corrected chi connectivity index (χ0v) is 12.8. The molecule has 0 aromatic rings. The maximum Gasteiger partial charge on any atom is 0.0397 e. The Bertz CT molecular complexity index is 352. The van der Waals surface area contributed by atoms with Crippen LogP contribution < -0.4 is 0 Å². The van der Waals surface area contributed by atoms with Crippen LogP contribution in [0.3, 0.4) is 0 Å². The van der Waals surface area contributed by atoms with Gasteiger partial charge >= 0.3 is 0 Å². The van der Waals surface area contributed by atoms with Crippen molar-refractivity contribution in [2.75, 3.05) is 0 Å². The summed E-state index contributed by atoms with van der Waals surface area (Å²) >= 11 is 0. The molecule has 0 radical (unpaired) electrons. The van der Waals surface area contributed by atoms with Crippen molar-refractivity contribution in [1.82, 2.24) is 0 Å². The maximum atomic E-state index is 3.44. The van der Waals surface area contributed by atoms with Gasteiger partial charge in [-0.3, -0.25) is 0 Å². The maximum absolute atomic E-state index is 3.44. The molecule has 96 valence electrons. The molecule has 0 heterocycles. The van der Waals surface area contributed by atoms with Crippen molar-refractivity contribution in [3.05, 3.63) is 23.8 Å². The van der Waals surface area contributed by atoms with Crippen LogP contribution in [0, 0.1) is 28.6 Å². The summed E-state index contributed by atoms with van der Waals surface area (Å²) in [5, 5.41) is 0. The molecule has 0 fully saturated rings. The summed E-state index contributed by atoms with van der Waals surface area (Å²) < 4.78 is 0. The van der Waals surface area contributed by atoms with Crippen molar-refractivity contribution in [2.24, 2.45) is 16.7 Å². The summed E-state index contributed by atoms with van der Waals surface area (Å²) in [5.74, 6) is 7.00. The van der Waals surface area contributed by atoms with Crippen LogP contribution in [0.25, 0.3) is 0 Å². The third-order valence-electron chi connectivity index (χ3n) is 4.04. The number of hydrogen-bond donors (Lipinski definition) is 0. The summed E-state index contributed by atoms with van der Waals surface area (Å²) in [7, 11) is 0. The largest absolute Gasteiger partial charge is 0.106 e. The zero-order valence-electron chi connectivity index (χ0n) is 12.8. The molecule has 0 aromatic heterocycles. The highest BCUT2D eigenvalue weighted by Gasteiger charge is 2.41. The van der Waals surface area contributed by atoms with E-state index in [1.807, 2.05) is 13.8 Å². The van der Waals surface area contributed by atoms with Crippen LogP contribution in [0.5, 0.6) is 0 Å². The van der Waals surface area contributed by atoms with Gasteiger partial charge in [-0.2, -0.15) is 0 Å². The highest BCUT2D eigenvalue weighted by atomic mass is 14.4. The van der Waals surface area contributed by atoms with Gasteiger partial charge in [0.05, 0.1) is 0 Å². The van der Waals surface area contributed by atoms with E-state index in [-0.39, 0.29) is 10.8 Å². The van der Waals surface area contributed by atoms with Crippen LogP contribution in [0.15, 0.2) is 23.8 Å². The van der Waals surface area contributed by atoms with Crippen molar-refractivity contribution >= 4 is 0 Å². The fraction of sp³-hybridized carbons (Fsp3) is 0.647.